The summed E-state index contributed by atoms with van der Waals surface area (Å²) in [5, 5.41) is 0.376. The van der Waals surface area contributed by atoms with Gasteiger partial charge in [0.05, 0.1) is 5.56 Å². The van der Waals surface area contributed by atoms with Crippen molar-refractivity contribution >= 4 is 22.6 Å². The van der Waals surface area contributed by atoms with Crippen LogP contribution in [0.5, 0.6) is 0 Å². The third-order valence-corrected chi connectivity index (χ3v) is 3.31. The van der Waals surface area contributed by atoms with E-state index < -0.39 is 0 Å². The number of aromatic nitrogens is 2. The Kier molecular flexibility index (Phi) is 3.71. The normalized spacial score (nSPS) is 13.6. The lowest BCUT2D eigenvalue weighted by atomic mass is 10.2. The lowest BCUT2D eigenvalue weighted by molar-refractivity contribution is 0.546. The molecule has 0 N–H and O–H groups in total. The van der Waals surface area contributed by atoms with Crippen molar-refractivity contribution in [2.45, 2.75) is 46.2 Å². The minimum absolute atomic E-state index is 0.260. The molecule has 0 amide bonds. The van der Waals surface area contributed by atoms with Gasteiger partial charge >= 0.3 is 5.69 Å². The Balaban J connectivity index is 2.67. The molecular weight excluding hydrogens is 254 g/mol. The van der Waals surface area contributed by atoms with E-state index in [2.05, 4.69) is 11.9 Å². The van der Waals surface area contributed by atoms with E-state index in [1.165, 1.54) is 4.57 Å². The van der Waals surface area contributed by atoms with E-state index in [0.717, 1.165) is 12.8 Å². The first-order chi connectivity index (χ1) is 8.60. The Morgan fingerprint density at radius 2 is 2.00 bits per heavy atom. The SMILES string of the molecule is CCCCn1c2c(c(=O)n(CC)c1=O)CC(Cl)=N2. The molecule has 0 fully saturated rings. The summed E-state index contributed by atoms with van der Waals surface area (Å²) in [7, 11) is 0. The summed E-state index contributed by atoms with van der Waals surface area (Å²) in [6.07, 6.45) is 2.19. The number of halogens is 1. The van der Waals surface area contributed by atoms with Gasteiger partial charge in [0.2, 0.25) is 0 Å². The largest absolute Gasteiger partial charge is 0.332 e. The fourth-order valence-corrected chi connectivity index (χ4v) is 2.34. The molecule has 6 heteroatoms. The first-order valence-corrected chi connectivity index (χ1v) is 6.57. The predicted octanol–water partition coefficient (Wildman–Crippen LogP) is 1.65. The van der Waals surface area contributed by atoms with Gasteiger partial charge in [-0.1, -0.05) is 24.9 Å². The van der Waals surface area contributed by atoms with E-state index >= 15 is 0 Å². The Hall–Kier alpha value is -1.36. The van der Waals surface area contributed by atoms with E-state index in [-0.39, 0.29) is 11.2 Å². The average Bonchev–Trinajstić information content (AvgIpc) is 2.72. The fourth-order valence-electron chi connectivity index (χ4n) is 2.12. The second-order valence-electron chi connectivity index (χ2n) is 4.30. The molecule has 98 valence electrons. The van der Waals surface area contributed by atoms with E-state index in [9.17, 15) is 9.59 Å². The highest BCUT2D eigenvalue weighted by atomic mass is 35.5. The van der Waals surface area contributed by atoms with Crippen LogP contribution in [0.25, 0.3) is 0 Å². The molecule has 1 aliphatic heterocycles. The van der Waals surface area contributed by atoms with Gasteiger partial charge in [-0.25, -0.2) is 9.79 Å². The van der Waals surface area contributed by atoms with Crippen molar-refractivity contribution in [3.8, 4) is 0 Å². The number of hydrogen-bond donors (Lipinski definition) is 0. The molecule has 0 saturated heterocycles. The lowest BCUT2D eigenvalue weighted by Gasteiger charge is -2.12. The molecule has 0 atom stereocenters. The molecule has 5 nitrogen and oxygen atoms in total. The maximum absolute atomic E-state index is 12.2. The molecule has 1 aliphatic rings. The highest BCUT2D eigenvalue weighted by Crippen LogP contribution is 2.23. The lowest BCUT2D eigenvalue weighted by Crippen LogP contribution is -2.40. The van der Waals surface area contributed by atoms with Gasteiger partial charge in [0.15, 0.2) is 0 Å². The topological polar surface area (TPSA) is 56.4 Å². The van der Waals surface area contributed by atoms with E-state index in [1.54, 1.807) is 11.5 Å². The van der Waals surface area contributed by atoms with Crippen molar-refractivity contribution in [2.75, 3.05) is 0 Å². The summed E-state index contributed by atoms with van der Waals surface area (Å²) in [5.41, 5.74) is -0.00739. The molecule has 2 heterocycles. The highest BCUT2D eigenvalue weighted by molar-refractivity contribution is 6.66. The van der Waals surface area contributed by atoms with Crippen molar-refractivity contribution < 1.29 is 0 Å². The third-order valence-electron chi connectivity index (χ3n) is 3.09. The molecule has 0 spiro atoms. The molecule has 0 bridgehead atoms. The van der Waals surface area contributed by atoms with Crippen LogP contribution in [0.4, 0.5) is 5.82 Å². The standard InChI is InChI=1S/C12H16ClN3O2/c1-3-5-6-16-10-8(7-9(13)14-10)11(17)15(4-2)12(16)18/h3-7H2,1-2H3. The minimum atomic E-state index is -0.287. The summed E-state index contributed by atoms with van der Waals surface area (Å²) < 4.78 is 2.82. The van der Waals surface area contributed by atoms with Crippen molar-refractivity contribution in [1.82, 2.24) is 9.13 Å². The van der Waals surface area contributed by atoms with Crippen molar-refractivity contribution in [3.05, 3.63) is 26.4 Å². The maximum Gasteiger partial charge on any atom is 0.332 e. The summed E-state index contributed by atoms with van der Waals surface area (Å²) in [5.74, 6) is 0.452. The molecule has 0 unspecified atom stereocenters. The smallest absolute Gasteiger partial charge is 0.278 e. The summed E-state index contributed by atoms with van der Waals surface area (Å²) >= 11 is 5.89. The molecule has 1 aromatic rings. The van der Waals surface area contributed by atoms with E-state index in [0.29, 0.717) is 36.1 Å². The van der Waals surface area contributed by atoms with Crippen LogP contribution in [0.15, 0.2) is 14.6 Å². The number of hydrogen-bond acceptors (Lipinski definition) is 3. The average molecular weight is 270 g/mol. The highest BCUT2D eigenvalue weighted by Gasteiger charge is 2.23. The van der Waals surface area contributed by atoms with Gasteiger partial charge in [-0.3, -0.25) is 13.9 Å². The van der Waals surface area contributed by atoms with Crippen LogP contribution in [0.3, 0.4) is 0 Å². The Morgan fingerprint density at radius 1 is 1.28 bits per heavy atom. The first kappa shape index (κ1) is 13.1. The molecule has 1 aromatic heterocycles. The zero-order valence-electron chi connectivity index (χ0n) is 10.6. The van der Waals surface area contributed by atoms with Crippen LogP contribution in [-0.4, -0.2) is 14.3 Å². The van der Waals surface area contributed by atoms with Gasteiger partial charge in [0.1, 0.15) is 11.0 Å². The van der Waals surface area contributed by atoms with Crippen molar-refractivity contribution in [2.24, 2.45) is 4.99 Å². The molecule has 2 rings (SSSR count). The van der Waals surface area contributed by atoms with Crippen LogP contribution in [0.2, 0.25) is 0 Å². The van der Waals surface area contributed by atoms with Gasteiger partial charge in [-0.05, 0) is 13.3 Å². The Labute approximate surface area is 110 Å². The molecule has 0 aromatic carbocycles. The molecule has 0 saturated carbocycles. The second-order valence-corrected chi connectivity index (χ2v) is 4.74. The molecular formula is C12H16ClN3O2. The molecule has 18 heavy (non-hydrogen) atoms. The first-order valence-electron chi connectivity index (χ1n) is 6.19. The zero-order valence-corrected chi connectivity index (χ0v) is 11.3. The van der Waals surface area contributed by atoms with Gasteiger partial charge in [-0.2, -0.15) is 0 Å². The van der Waals surface area contributed by atoms with E-state index in [1.807, 2.05) is 0 Å². The maximum atomic E-state index is 12.2. The van der Waals surface area contributed by atoms with Crippen LogP contribution in [-0.2, 0) is 19.5 Å². The second kappa shape index (κ2) is 5.10. The monoisotopic (exact) mass is 269 g/mol. The fraction of sp³-hybridized carbons (Fsp3) is 0.583. The van der Waals surface area contributed by atoms with Crippen LogP contribution in [0, 0.1) is 0 Å². The van der Waals surface area contributed by atoms with Crippen molar-refractivity contribution in [1.29, 1.82) is 0 Å². The molecule has 0 aliphatic carbocycles. The summed E-state index contributed by atoms with van der Waals surface area (Å²) in [4.78, 5) is 28.4. The predicted molar refractivity (Wildman–Crippen MR) is 72.2 cm³/mol. The van der Waals surface area contributed by atoms with Crippen LogP contribution in [0.1, 0.15) is 32.3 Å². The number of rotatable bonds is 4. The summed E-state index contributed by atoms with van der Waals surface area (Å²) in [6, 6.07) is 0. The van der Waals surface area contributed by atoms with E-state index in [4.69, 9.17) is 11.6 Å². The van der Waals surface area contributed by atoms with Crippen molar-refractivity contribution in [3.63, 3.8) is 0 Å². The van der Waals surface area contributed by atoms with Gasteiger partial charge in [0.25, 0.3) is 5.56 Å². The number of nitrogens with zero attached hydrogens (tertiary/aromatic N) is 3. The summed E-state index contributed by atoms with van der Waals surface area (Å²) in [6.45, 7) is 4.79. The van der Waals surface area contributed by atoms with Crippen LogP contribution < -0.4 is 11.2 Å². The number of aliphatic imine (C=N–C) groups is 1. The zero-order chi connectivity index (χ0) is 13.3. The Morgan fingerprint density at radius 3 is 2.61 bits per heavy atom. The molecule has 0 radical (unpaired) electrons. The van der Waals surface area contributed by atoms with Gasteiger partial charge < -0.3 is 0 Å². The quantitative estimate of drug-likeness (QED) is 0.835. The third kappa shape index (κ3) is 2.03. The number of fused-ring (bicyclic) bond motifs is 1. The van der Waals surface area contributed by atoms with Crippen LogP contribution >= 0.6 is 11.6 Å². The minimum Gasteiger partial charge on any atom is -0.278 e. The Bertz CT molecular complexity index is 613. The van der Waals surface area contributed by atoms with Gasteiger partial charge in [0, 0.05) is 19.5 Å². The number of unbranched alkanes of at least 4 members (excludes halogenated alkanes) is 1. The van der Waals surface area contributed by atoms with Gasteiger partial charge in [-0.15, -0.1) is 0 Å².